The van der Waals surface area contributed by atoms with Crippen LogP contribution in [0.5, 0.6) is 0 Å². The second-order valence-electron chi connectivity index (χ2n) is 5.42. The Bertz CT molecular complexity index is 904. The van der Waals surface area contributed by atoms with Crippen molar-refractivity contribution in [3.63, 3.8) is 0 Å². The molecule has 0 spiro atoms. The monoisotopic (exact) mass is 362 g/mol. The average molecular weight is 362 g/mol. The van der Waals surface area contributed by atoms with Crippen LogP contribution in [0.3, 0.4) is 0 Å². The topological polar surface area (TPSA) is 106 Å². The van der Waals surface area contributed by atoms with Crippen molar-refractivity contribution < 1.29 is 14.1 Å². The van der Waals surface area contributed by atoms with Gasteiger partial charge in [-0.2, -0.15) is 4.98 Å². The molecule has 0 saturated heterocycles. The van der Waals surface area contributed by atoms with Crippen LogP contribution in [0.25, 0.3) is 10.2 Å². The van der Waals surface area contributed by atoms with E-state index in [1.165, 1.54) is 17.7 Å². The van der Waals surface area contributed by atoms with Gasteiger partial charge in [-0.05, 0) is 24.6 Å². The van der Waals surface area contributed by atoms with Crippen LogP contribution in [-0.2, 0) is 11.3 Å². The Hall–Kier alpha value is -2.75. The molecule has 0 saturated carbocycles. The van der Waals surface area contributed by atoms with Gasteiger partial charge in [-0.15, -0.1) is 11.3 Å². The largest absolute Gasteiger partial charge is 0.462 e. The molecule has 3 aromatic heterocycles. The van der Waals surface area contributed by atoms with Crippen LogP contribution in [-0.4, -0.2) is 46.8 Å². The molecule has 0 aliphatic rings. The van der Waals surface area contributed by atoms with E-state index in [9.17, 15) is 4.79 Å². The Labute approximate surface area is 148 Å². The number of hydrogen-bond acceptors (Lipinski definition) is 10. The first-order valence-corrected chi connectivity index (χ1v) is 8.48. The van der Waals surface area contributed by atoms with Crippen LogP contribution in [0.15, 0.2) is 10.9 Å². The number of carbonyl (C=O) groups excluding carboxylic acids is 1. The minimum Gasteiger partial charge on any atom is -0.462 e. The fraction of sp³-hybridized carbons (Fsp3) is 0.400. The first-order valence-electron chi connectivity index (χ1n) is 7.66. The number of ether oxygens (including phenoxy) is 1. The Kier molecular flexibility index (Phi) is 4.79. The maximum absolute atomic E-state index is 12.1. The summed E-state index contributed by atoms with van der Waals surface area (Å²) >= 11 is 1.29. The number of rotatable bonds is 6. The molecular formula is C15H18N6O3S. The van der Waals surface area contributed by atoms with E-state index in [0.717, 1.165) is 15.8 Å². The second-order valence-corrected chi connectivity index (χ2v) is 6.41. The summed E-state index contributed by atoms with van der Waals surface area (Å²) in [6.07, 6.45) is 1.45. The van der Waals surface area contributed by atoms with Crippen molar-refractivity contribution >= 4 is 39.3 Å². The molecule has 0 aromatic carbocycles. The number of carbonyl (C=O) groups is 1. The van der Waals surface area contributed by atoms with Crippen molar-refractivity contribution in [3.8, 4) is 0 Å². The molecule has 3 heterocycles. The van der Waals surface area contributed by atoms with Gasteiger partial charge in [0.2, 0.25) is 5.89 Å². The van der Waals surface area contributed by atoms with Crippen LogP contribution >= 0.6 is 11.3 Å². The highest BCUT2D eigenvalue weighted by atomic mass is 32.1. The summed E-state index contributed by atoms with van der Waals surface area (Å²) in [6.45, 7) is 4.28. The van der Waals surface area contributed by atoms with Crippen LogP contribution < -0.4 is 10.2 Å². The maximum Gasteiger partial charge on any atom is 0.348 e. The summed E-state index contributed by atoms with van der Waals surface area (Å²) in [5.74, 6) is 1.20. The van der Waals surface area contributed by atoms with Crippen molar-refractivity contribution in [1.29, 1.82) is 0 Å². The third-order valence-electron chi connectivity index (χ3n) is 3.45. The van der Waals surface area contributed by atoms with Crippen molar-refractivity contribution in [2.24, 2.45) is 0 Å². The second kappa shape index (κ2) is 7.01. The van der Waals surface area contributed by atoms with Crippen molar-refractivity contribution in [3.05, 3.63) is 22.7 Å². The standard InChI is InChI=1S/C15H18N6O3S/c1-5-23-14(22)11-8(2)10-12(17-7-18-13(10)25-11)16-6-9-19-15(20-24-9)21(3)4/h7H,5-6H2,1-4H3,(H,16,17,18). The predicted molar refractivity (Wildman–Crippen MR) is 94.1 cm³/mol. The van der Waals surface area contributed by atoms with Crippen LogP contribution in [0.4, 0.5) is 11.8 Å². The summed E-state index contributed by atoms with van der Waals surface area (Å²) in [6, 6.07) is 0. The van der Waals surface area contributed by atoms with Crippen LogP contribution in [0.1, 0.15) is 28.0 Å². The smallest absolute Gasteiger partial charge is 0.348 e. The van der Waals surface area contributed by atoms with Crippen molar-refractivity contribution in [1.82, 2.24) is 20.1 Å². The average Bonchev–Trinajstić information content (AvgIpc) is 3.19. The molecular weight excluding hydrogens is 344 g/mol. The molecule has 0 atom stereocenters. The molecule has 0 radical (unpaired) electrons. The van der Waals surface area contributed by atoms with Crippen molar-refractivity contribution in [2.45, 2.75) is 20.4 Å². The normalized spacial score (nSPS) is 10.9. The Morgan fingerprint density at radius 3 is 2.88 bits per heavy atom. The zero-order valence-electron chi connectivity index (χ0n) is 14.4. The van der Waals surface area contributed by atoms with Gasteiger partial charge < -0.3 is 19.5 Å². The number of hydrogen-bond donors (Lipinski definition) is 1. The van der Waals surface area contributed by atoms with E-state index in [1.54, 1.807) is 11.8 Å². The lowest BCUT2D eigenvalue weighted by atomic mass is 10.2. The summed E-state index contributed by atoms with van der Waals surface area (Å²) in [7, 11) is 3.67. The van der Waals surface area contributed by atoms with Gasteiger partial charge in [0.15, 0.2) is 0 Å². The zero-order chi connectivity index (χ0) is 18.0. The highest BCUT2D eigenvalue weighted by Gasteiger charge is 2.20. The van der Waals surface area contributed by atoms with E-state index >= 15 is 0 Å². The van der Waals surface area contributed by atoms with E-state index in [-0.39, 0.29) is 5.97 Å². The Morgan fingerprint density at radius 1 is 1.40 bits per heavy atom. The first-order chi connectivity index (χ1) is 12.0. The van der Waals surface area contributed by atoms with Gasteiger partial charge in [0.25, 0.3) is 5.95 Å². The predicted octanol–water partition coefficient (Wildman–Crippen LogP) is 2.24. The summed E-state index contributed by atoms with van der Waals surface area (Å²) in [5.41, 5.74) is 0.793. The van der Waals surface area contributed by atoms with Crippen LogP contribution in [0.2, 0.25) is 0 Å². The zero-order valence-corrected chi connectivity index (χ0v) is 15.2. The van der Waals surface area contributed by atoms with Gasteiger partial charge in [-0.25, -0.2) is 14.8 Å². The Morgan fingerprint density at radius 2 is 2.20 bits per heavy atom. The molecule has 25 heavy (non-hydrogen) atoms. The highest BCUT2D eigenvalue weighted by molar-refractivity contribution is 7.20. The lowest BCUT2D eigenvalue weighted by Crippen LogP contribution is -2.10. The maximum atomic E-state index is 12.1. The molecule has 0 aliphatic heterocycles. The lowest BCUT2D eigenvalue weighted by Gasteiger charge is -2.05. The van der Waals surface area contributed by atoms with Gasteiger partial charge in [0.05, 0.1) is 18.5 Å². The van der Waals surface area contributed by atoms with Crippen LogP contribution in [0, 0.1) is 6.92 Å². The van der Waals surface area contributed by atoms with E-state index < -0.39 is 0 Å². The summed E-state index contributed by atoms with van der Waals surface area (Å²) in [4.78, 5) is 27.9. The fourth-order valence-electron chi connectivity index (χ4n) is 2.26. The van der Waals surface area contributed by atoms with Gasteiger partial charge in [0.1, 0.15) is 21.9 Å². The Balaban J connectivity index is 1.87. The lowest BCUT2D eigenvalue weighted by molar-refractivity contribution is 0.0531. The number of nitrogens with one attached hydrogen (secondary N) is 1. The number of aryl methyl sites for hydroxylation is 1. The number of nitrogens with zero attached hydrogens (tertiary/aromatic N) is 5. The molecule has 0 fully saturated rings. The molecule has 0 unspecified atom stereocenters. The number of aromatic nitrogens is 4. The van der Waals surface area contributed by atoms with E-state index in [1.807, 2.05) is 21.0 Å². The third-order valence-corrected chi connectivity index (χ3v) is 4.63. The van der Waals surface area contributed by atoms with E-state index in [4.69, 9.17) is 9.26 Å². The molecule has 3 aromatic rings. The molecule has 9 nitrogen and oxygen atoms in total. The van der Waals surface area contributed by atoms with E-state index in [0.29, 0.717) is 35.7 Å². The summed E-state index contributed by atoms with van der Waals surface area (Å²) < 4.78 is 10.3. The highest BCUT2D eigenvalue weighted by Crippen LogP contribution is 2.33. The minimum atomic E-state index is -0.346. The SMILES string of the molecule is CCOC(=O)c1sc2ncnc(NCc3nc(N(C)C)no3)c2c1C. The molecule has 0 amide bonds. The minimum absolute atomic E-state index is 0.316. The fourth-order valence-corrected chi connectivity index (χ4v) is 3.30. The molecule has 3 rings (SSSR count). The number of anilines is 2. The van der Waals surface area contributed by atoms with E-state index in [2.05, 4.69) is 25.4 Å². The van der Waals surface area contributed by atoms with Crippen molar-refractivity contribution in [2.75, 3.05) is 30.9 Å². The third kappa shape index (κ3) is 3.38. The van der Waals surface area contributed by atoms with Gasteiger partial charge >= 0.3 is 5.97 Å². The van der Waals surface area contributed by atoms with Gasteiger partial charge in [0, 0.05) is 14.1 Å². The number of esters is 1. The van der Waals surface area contributed by atoms with Gasteiger partial charge in [-0.1, -0.05) is 0 Å². The first kappa shape index (κ1) is 17.1. The summed E-state index contributed by atoms with van der Waals surface area (Å²) in [5, 5.41) is 7.83. The number of fused-ring (bicyclic) bond motifs is 1. The molecule has 1 N–H and O–H groups in total. The number of thiophene rings is 1. The molecule has 0 aliphatic carbocycles. The molecule has 10 heteroatoms. The van der Waals surface area contributed by atoms with Gasteiger partial charge in [-0.3, -0.25) is 0 Å². The quantitative estimate of drug-likeness (QED) is 0.661. The molecule has 0 bridgehead atoms. The molecule has 132 valence electrons.